The number of aliphatic imine (C=N–C) groups is 1. The number of hydrogen-bond acceptors (Lipinski definition) is 5. The first-order valence-corrected chi connectivity index (χ1v) is 9.76. The van der Waals surface area contributed by atoms with Crippen molar-refractivity contribution in [1.82, 2.24) is 25.3 Å². The van der Waals surface area contributed by atoms with Gasteiger partial charge in [0.1, 0.15) is 0 Å². The fourth-order valence-electron chi connectivity index (χ4n) is 3.07. The van der Waals surface area contributed by atoms with Crippen LogP contribution in [0.15, 0.2) is 17.1 Å². The van der Waals surface area contributed by atoms with Gasteiger partial charge in [-0.15, -0.1) is 35.3 Å². The van der Waals surface area contributed by atoms with Gasteiger partial charge in [-0.1, -0.05) is 11.6 Å². The SMILES string of the molecule is CN=C(NCCN1C(=O)CNC1=O)N1CCN(Cc2ccc(Cl)s2)CC1.I. The van der Waals surface area contributed by atoms with Gasteiger partial charge in [0.05, 0.1) is 10.9 Å². The molecule has 0 radical (unpaired) electrons. The van der Waals surface area contributed by atoms with Gasteiger partial charge in [-0.25, -0.2) is 4.79 Å². The van der Waals surface area contributed by atoms with Gasteiger partial charge >= 0.3 is 6.03 Å². The van der Waals surface area contributed by atoms with Gasteiger partial charge in [-0.2, -0.15) is 0 Å². The summed E-state index contributed by atoms with van der Waals surface area (Å²) in [6.45, 7) is 5.48. The zero-order valence-electron chi connectivity index (χ0n) is 15.1. The van der Waals surface area contributed by atoms with E-state index in [1.54, 1.807) is 18.4 Å². The number of urea groups is 1. The second-order valence-corrected chi connectivity index (χ2v) is 7.95. The van der Waals surface area contributed by atoms with Crippen LogP contribution >= 0.6 is 46.9 Å². The number of nitrogens with one attached hydrogen (secondary N) is 2. The fourth-order valence-corrected chi connectivity index (χ4v) is 4.20. The van der Waals surface area contributed by atoms with Crippen LogP contribution in [0, 0.1) is 0 Å². The molecule has 8 nitrogen and oxygen atoms in total. The Hall–Kier alpha value is -1.11. The summed E-state index contributed by atoms with van der Waals surface area (Å²) in [4.78, 5) is 34.5. The summed E-state index contributed by atoms with van der Waals surface area (Å²) in [5, 5.41) is 5.76. The number of amides is 3. The molecule has 0 atom stereocenters. The average molecular weight is 527 g/mol. The van der Waals surface area contributed by atoms with Crippen LogP contribution in [0.3, 0.4) is 0 Å². The molecule has 3 heterocycles. The number of carbonyl (C=O) groups is 2. The molecule has 3 amide bonds. The Bertz CT molecular complexity index is 676. The number of imide groups is 1. The Balaban J connectivity index is 0.00000261. The Morgan fingerprint density at radius 1 is 1.30 bits per heavy atom. The van der Waals surface area contributed by atoms with E-state index >= 15 is 0 Å². The van der Waals surface area contributed by atoms with Crippen LogP contribution in [0.2, 0.25) is 4.34 Å². The van der Waals surface area contributed by atoms with Crippen LogP contribution in [0.4, 0.5) is 4.79 Å². The third kappa shape index (κ3) is 5.93. The summed E-state index contributed by atoms with van der Waals surface area (Å²) in [7, 11) is 1.75. The topological polar surface area (TPSA) is 80.3 Å². The first-order valence-electron chi connectivity index (χ1n) is 8.57. The molecule has 2 saturated heterocycles. The molecular weight excluding hydrogens is 503 g/mol. The van der Waals surface area contributed by atoms with Crippen LogP contribution in [-0.4, -0.2) is 85.5 Å². The number of guanidine groups is 1. The van der Waals surface area contributed by atoms with Gasteiger partial charge < -0.3 is 15.5 Å². The van der Waals surface area contributed by atoms with Crippen LogP contribution in [0.1, 0.15) is 4.88 Å². The molecule has 0 saturated carbocycles. The number of carbonyl (C=O) groups excluding carboxylic acids is 2. The number of halogens is 2. The van der Waals surface area contributed by atoms with E-state index < -0.39 is 0 Å². The van der Waals surface area contributed by atoms with Crippen LogP contribution in [-0.2, 0) is 11.3 Å². The summed E-state index contributed by atoms with van der Waals surface area (Å²) < 4.78 is 0.827. The van der Waals surface area contributed by atoms with E-state index in [0.29, 0.717) is 13.1 Å². The molecule has 0 aliphatic carbocycles. The lowest BCUT2D eigenvalue weighted by molar-refractivity contribution is -0.124. The highest BCUT2D eigenvalue weighted by molar-refractivity contribution is 14.0. The van der Waals surface area contributed by atoms with Crippen LogP contribution in [0.5, 0.6) is 0 Å². The Labute approximate surface area is 184 Å². The summed E-state index contributed by atoms with van der Waals surface area (Å²) in [5.74, 6) is 0.616. The molecule has 0 spiro atoms. The maximum atomic E-state index is 11.6. The van der Waals surface area contributed by atoms with Crippen molar-refractivity contribution in [3.05, 3.63) is 21.3 Å². The largest absolute Gasteiger partial charge is 0.354 e. The summed E-state index contributed by atoms with van der Waals surface area (Å²) in [6, 6.07) is 3.69. The molecule has 150 valence electrons. The molecule has 27 heavy (non-hydrogen) atoms. The summed E-state index contributed by atoms with van der Waals surface area (Å²) >= 11 is 7.62. The van der Waals surface area contributed by atoms with Gasteiger partial charge in [0.25, 0.3) is 0 Å². The number of hydrogen-bond donors (Lipinski definition) is 2. The molecule has 0 bridgehead atoms. The highest BCUT2D eigenvalue weighted by atomic mass is 127. The first kappa shape index (κ1) is 22.2. The maximum absolute atomic E-state index is 11.6. The summed E-state index contributed by atoms with van der Waals surface area (Å²) in [5.41, 5.74) is 0. The molecular formula is C16H24ClIN6O2S. The Kier molecular flexibility index (Phi) is 8.58. The smallest absolute Gasteiger partial charge is 0.324 e. The third-order valence-electron chi connectivity index (χ3n) is 4.45. The predicted molar refractivity (Wildman–Crippen MR) is 118 cm³/mol. The van der Waals surface area contributed by atoms with E-state index in [4.69, 9.17) is 11.6 Å². The minimum atomic E-state index is -0.325. The molecule has 0 unspecified atom stereocenters. The van der Waals surface area contributed by atoms with Crippen molar-refractivity contribution in [3.63, 3.8) is 0 Å². The highest BCUT2D eigenvalue weighted by Crippen LogP contribution is 2.23. The van der Waals surface area contributed by atoms with Crippen LogP contribution < -0.4 is 10.6 Å². The average Bonchev–Trinajstić information content (AvgIpc) is 3.19. The lowest BCUT2D eigenvalue weighted by atomic mass is 10.3. The Morgan fingerprint density at radius 3 is 2.59 bits per heavy atom. The normalized spacial score (nSPS) is 18.5. The first-order chi connectivity index (χ1) is 12.6. The quantitative estimate of drug-likeness (QED) is 0.261. The van der Waals surface area contributed by atoms with Crippen LogP contribution in [0.25, 0.3) is 0 Å². The maximum Gasteiger partial charge on any atom is 0.324 e. The molecule has 11 heteroatoms. The molecule has 0 aromatic carbocycles. The summed E-state index contributed by atoms with van der Waals surface area (Å²) in [6.07, 6.45) is 0. The van der Waals surface area contributed by atoms with Crippen molar-refractivity contribution >= 4 is 64.8 Å². The number of piperazine rings is 1. The van der Waals surface area contributed by atoms with Crippen molar-refractivity contribution in [3.8, 4) is 0 Å². The van der Waals surface area contributed by atoms with E-state index in [1.807, 2.05) is 6.07 Å². The number of thiophene rings is 1. The van der Waals surface area contributed by atoms with Crippen molar-refractivity contribution in [2.24, 2.45) is 4.99 Å². The predicted octanol–water partition coefficient (Wildman–Crippen LogP) is 1.26. The van der Waals surface area contributed by atoms with Gasteiger partial charge in [0.15, 0.2) is 5.96 Å². The lowest BCUT2D eigenvalue weighted by Crippen LogP contribution is -2.53. The fraction of sp³-hybridized carbons (Fsp3) is 0.562. The van der Waals surface area contributed by atoms with Gasteiger partial charge in [-0.05, 0) is 12.1 Å². The zero-order valence-corrected chi connectivity index (χ0v) is 19.0. The lowest BCUT2D eigenvalue weighted by Gasteiger charge is -2.36. The van der Waals surface area contributed by atoms with Gasteiger partial charge in [0.2, 0.25) is 5.91 Å². The van der Waals surface area contributed by atoms with E-state index in [-0.39, 0.29) is 42.5 Å². The van der Waals surface area contributed by atoms with E-state index in [9.17, 15) is 9.59 Å². The number of rotatable bonds is 5. The van der Waals surface area contributed by atoms with Crippen molar-refractivity contribution in [2.45, 2.75) is 6.54 Å². The minimum absolute atomic E-state index is 0. The standard InChI is InChI=1S/C16H23ClN6O2S.HI/c1-18-15(19-4-5-23-14(24)10-20-16(23)25)22-8-6-21(7-9-22)11-12-2-3-13(17)26-12;/h2-3H,4-11H2,1H3,(H,18,19)(H,20,25);1H. The van der Waals surface area contributed by atoms with Gasteiger partial charge in [0, 0.05) is 57.7 Å². The minimum Gasteiger partial charge on any atom is -0.354 e. The molecule has 1 aromatic heterocycles. The zero-order chi connectivity index (χ0) is 18.5. The van der Waals surface area contributed by atoms with Crippen molar-refractivity contribution in [2.75, 3.05) is 52.9 Å². The monoisotopic (exact) mass is 526 g/mol. The van der Waals surface area contributed by atoms with E-state index in [0.717, 1.165) is 43.0 Å². The van der Waals surface area contributed by atoms with Crippen molar-refractivity contribution < 1.29 is 9.59 Å². The van der Waals surface area contributed by atoms with Gasteiger partial charge in [-0.3, -0.25) is 19.6 Å². The molecule has 2 N–H and O–H groups in total. The molecule has 2 aliphatic rings. The Morgan fingerprint density at radius 2 is 2.04 bits per heavy atom. The number of nitrogens with zero attached hydrogens (tertiary/aromatic N) is 4. The second kappa shape index (κ2) is 10.4. The molecule has 3 rings (SSSR count). The highest BCUT2D eigenvalue weighted by Gasteiger charge is 2.28. The van der Waals surface area contributed by atoms with E-state index in [1.165, 1.54) is 9.78 Å². The second-order valence-electron chi connectivity index (χ2n) is 6.15. The van der Waals surface area contributed by atoms with Crippen molar-refractivity contribution in [1.29, 1.82) is 0 Å². The molecule has 2 aliphatic heterocycles. The molecule has 2 fully saturated rings. The van der Waals surface area contributed by atoms with E-state index in [2.05, 4.69) is 31.5 Å². The molecule has 1 aromatic rings. The third-order valence-corrected chi connectivity index (χ3v) is 5.66.